The molecule has 0 saturated heterocycles. The standard InChI is InChI=1S/C21H20FN3O/c1-15-4-2-3-5-19(15)21(26)25-18-10-11-20(24-14-18)23-13-12-16-6-8-17(22)9-7-16/h2-11,14H,12-13H2,1H3,(H,23,24)(H,25,26). The van der Waals surface area contributed by atoms with E-state index >= 15 is 0 Å². The Bertz CT molecular complexity index is 877. The Hall–Kier alpha value is -3.21. The van der Waals surface area contributed by atoms with Gasteiger partial charge < -0.3 is 10.6 Å². The molecule has 2 N–H and O–H groups in total. The molecule has 0 atom stereocenters. The molecule has 0 spiro atoms. The van der Waals surface area contributed by atoms with Crippen molar-refractivity contribution >= 4 is 17.4 Å². The number of amides is 1. The second-order valence-corrected chi connectivity index (χ2v) is 6.00. The van der Waals surface area contributed by atoms with Crippen molar-refractivity contribution in [3.63, 3.8) is 0 Å². The van der Waals surface area contributed by atoms with E-state index in [0.717, 1.165) is 23.4 Å². The molecule has 26 heavy (non-hydrogen) atoms. The Labute approximate surface area is 152 Å². The third-order valence-electron chi connectivity index (χ3n) is 4.04. The van der Waals surface area contributed by atoms with Gasteiger partial charge in [-0.15, -0.1) is 0 Å². The largest absolute Gasteiger partial charge is 0.370 e. The first-order valence-electron chi connectivity index (χ1n) is 8.43. The van der Waals surface area contributed by atoms with Crippen LogP contribution in [0.2, 0.25) is 0 Å². The molecule has 0 aliphatic rings. The maximum atomic E-state index is 12.9. The molecule has 5 heteroatoms. The number of aromatic nitrogens is 1. The van der Waals surface area contributed by atoms with Gasteiger partial charge in [0.05, 0.1) is 11.9 Å². The molecule has 0 aliphatic heterocycles. The zero-order valence-electron chi connectivity index (χ0n) is 14.5. The van der Waals surface area contributed by atoms with Crippen LogP contribution in [0.3, 0.4) is 0 Å². The number of anilines is 2. The molecule has 2 aromatic carbocycles. The molecule has 0 bridgehead atoms. The predicted octanol–water partition coefficient (Wildman–Crippen LogP) is 4.44. The van der Waals surface area contributed by atoms with E-state index in [9.17, 15) is 9.18 Å². The average molecular weight is 349 g/mol. The Morgan fingerprint density at radius 2 is 1.81 bits per heavy atom. The van der Waals surface area contributed by atoms with E-state index in [1.165, 1.54) is 12.1 Å². The summed E-state index contributed by atoms with van der Waals surface area (Å²) in [6, 6.07) is 17.5. The van der Waals surface area contributed by atoms with Gasteiger partial charge in [-0.1, -0.05) is 30.3 Å². The quantitative estimate of drug-likeness (QED) is 0.692. The van der Waals surface area contributed by atoms with E-state index in [0.29, 0.717) is 17.8 Å². The average Bonchev–Trinajstić information content (AvgIpc) is 2.65. The van der Waals surface area contributed by atoms with Crippen molar-refractivity contribution in [2.45, 2.75) is 13.3 Å². The maximum Gasteiger partial charge on any atom is 0.255 e. The van der Waals surface area contributed by atoms with Crippen molar-refractivity contribution in [1.29, 1.82) is 0 Å². The highest BCUT2D eigenvalue weighted by Gasteiger charge is 2.08. The molecule has 0 aliphatic carbocycles. The van der Waals surface area contributed by atoms with Crippen LogP contribution in [-0.4, -0.2) is 17.4 Å². The lowest BCUT2D eigenvalue weighted by molar-refractivity contribution is 0.102. The SMILES string of the molecule is Cc1ccccc1C(=O)Nc1ccc(NCCc2ccc(F)cc2)nc1. The van der Waals surface area contributed by atoms with Crippen LogP contribution >= 0.6 is 0 Å². The first-order valence-corrected chi connectivity index (χ1v) is 8.43. The van der Waals surface area contributed by atoms with E-state index in [1.54, 1.807) is 24.4 Å². The number of nitrogens with zero attached hydrogens (tertiary/aromatic N) is 1. The van der Waals surface area contributed by atoms with Crippen molar-refractivity contribution in [1.82, 2.24) is 4.98 Å². The zero-order valence-corrected chi connectivity index (χ0v) is 14.5. The first kappa shape index (κ1) is 17.6. The van der Waals surface area contributed by atoms with Gasteiger partial charge in [0.15, 0.2) is 0 Å². The topological polar surface area (TPSA) is 54.0 Å². The summed E-state index contributed by atoms with van der Waals surface area (Å²) in [5, 5.41) is 6.06. The summed E-state index contributed by atoms with van der Waals surface area (Å²) in [7, 11) is 0. The number of carbonyl (C=O) groups excluding carboxylic acids is 1. The summed E-state index contributed by atoms with van der Waals surface area (Å²) in [4.78, 5) is 16.6. The number of nitrogens with one attached hydrogen (secondary N) is 2. The number of hydrogen-bond acceptors (Lipinski definition) is 3. The second-order valence-electron chi connectivity index (χ2n) is 6.00. The van der Waals surface area contributed by atoms with E-state index in [1.807, 2.05) is 37.3 Å². The number of benzene rings is 2. The number of rotatable bonds is 6. The van der Waals surface area contributed by atoms with Gasteiger partial charge in [0.25, 0.3) is 5.91 Å². The normalized spacial score (nSPS) is 10.4. The van der Waals surface area contributed by atoms with E-state index in [2.05, 4.69) is 15.6 Å². The van der Waals surface area contributed by atoms with Crippen LogP contribution in [-0.2, 0) is 6.42 Å². The monoisotopic (exact) mass is 349 g/mol. The summed E-state index contributed by atoms with van der Waals surface area (Å²) < 4.78 is 12.9. The van der Waals surface area contributed by atoms with Gasteiger partial charge in [0.1, 0.15) is 11.6 Å². The van der Waals surface area contributed by atoms with Crippen molar-refractivity contribution in [2.24, 2.45) is 0 Å². The minimum atomic E-state index is -0.230. The Kier molecular flexibility index (Phi) is 5.59. The van der Waals surface area contributed by atoms with Gasteiger partial charge in [0, 0.05) is 12.1 Å². The number of pyridine rings is 1. The minimum absolute atomic E-state index is 0.151. The van der Waals surface area contributed by atoms with Gasteiger partial charge in [0.2, 0.25) is 0 Å². The molecule has 1 aromatic heterocycles. The van der Waals surface area contributed by atoms with E-state index in [4.69, 9.17) is 0 Å². The molecule has 4 nitrogen and oxygen atoms in total. The summed E-state index contributed by atoms with van der Waals surface area (Å²) >= 11 is 0. The lowest BCUT2D eigenvalue weighted by Crippen LogP contribution is -2.13. The molecule has 0 radical (unpaired) electrons. The Balaban J connectivity index is 1.52. The van der Waals surface area contributed by atoms with Crippen LogP contribution in [0.25, 0.3) is 0 Å². The summed E-state index contributed by atoms with van der Waals surface area (Å²) in [6.45, 7) is 2.59. The van der Waals surface area contributed by atoms with Gasteiger partial charge in [-0.2, -0.15) is 0 Å². The molecule has 0 saturated carbocycles. The van der Waals surface area contributed by atoms with Crippen LogP contribution < -0.4 is 10.6 Å². The first-order chi connectivity index (χ1) is 12.6. The molecule has 1 amide bonds. The number of halogens is 1. The second kappa shape index (κ2) is 8.25. The molecule has 132 valence electrons. The molecular weight excluding hydrogens is 329 g/mol. The van der Waals surface area contributed by atoms with Crippen LogP contribution in [0, 0.1) is 12.7 Å². The molecule has 3 aromatic rings. The molecule has 0 fully saturated rings. The smallest absolute Gasteiger partial charge is 0.255 e. The number of aryl methyl sites for hydroxylation is 1. The zero-order chi connectivity index (χ0) is 18.4. The van der Waals surface area contributed by atoms with Crippen molar-refractivity contribution in [3.05, 3.63) is 89.4 Å². The molecule has 1 heterocycles. The summed E-state index contributed by atoms with van der Waals surface area (Å²) in [5.41, 5.74) is 3.27. The molecular formula is C21H20FN3O. The van der Waals surface area contributed by atoms with E-state index < -0.39 is 0 Å². The fraction of sp³-hybridized carbons (Fsp3) is 0.143. The lowest BCUT2D eigenvalue weighted by Gasteiger charge is -2.09. The summed E-state index contributed by atoms with van der Waals surface area (Å²) in [5.74, 6) is 0.342. The third kappa shape index (κ3) is 4.66. The van der Waals surface area contributed by atoms with Crippen molar-refractivity contribution in [2.75, 3.05) is 17.2 Å². The number of hydrogen-bond donors (Lipinski definition) is 2. The fourth-order valence-corrected chi connectivity index (χ4v) is 2.58. The van der Waals surface area contributed by atoms with Crippen molar-refractivity contribution < 1.29 is 9.18 Å². The van der Waals surface area contributed by atoms with Crippen LogP contribution in [0.1, 0.15) is 21.5 Å². The number of carbonyl (C=O) groups is 1. The third-order valence-corrected chi connectivity index (χ3v) is 4.04. The lowest BCUT2D eigenvalue weighted by atomic mass is 10.1. The van der Waals surface area contributed by atoms with Gasteiger partial charge >= 0.3 is 0 Å². The summed E-state index contributed by atoms with van der Waals surface area (Å²) in [6.07, 6.45) is 2.39. The van der Waals surface area contributed by atoms with Gasteiger partial charge in [-0.25, -0.2) is 9.37 Å². The fourth-order valence-electron chi connectivity index (χ4n) is 2.58. The molecule has 3 rings (SSSR count). The van der Waals surface area contributed by atoms with Gasteiger partial charge in [-0.05, 0) is 54.8 Å². The Morgan fingerprint density at radius 3 is 2.50 bits per heavy atom. The van der Waals surface area contributed by atoms with Crippen LogP contribution in [0.15, 0.2) is 66.9 Å². The predicted molar refractivity (Wildman–Crippen MR) is 102 cm³/mol. The van der Waals surface area contributed by atoms with Crippen LogP contribution in [0.4, 0.5) is 15.9 Å². The highest BCUT2D eigenvalue weighted by molar-refractivity contribution is 6.05. The molecule has 0 unspecified atom stereocenters. The Morgan fingerprint density at radius 1 is 1.04 bits per heavy atom. The minimum Gasteiger partial charge on any atom is -0.370 e. The van der Waals surface area contributed by atoms with Crippen molar-refractivity contribution in [3.8, 4) is 0 Å². The highest BCUT2D eigenvalue weighted by atomic mass is 19.1. The van der Waals surface area contributed by atoms with E-state index in [-0.39, 0.29) is 11.7 Å². The highest BCUT2D eigenvalue weighted by Crippen LogP contribution is 2.13. The van der Waals surface area contributed by atoms with Gasteiger partial charge in [-0.3, -0.25) is 4.79 Å². The van der Waals surface area contributed by atoms with Crippen LogP contribution in [0.5, 0.6) is 0 Å². The maximum absolute atomic E-state index is 12.9.